The van der Waals surface area contributed by atoms with Crippen molar-refractivity contribution >= 4 is 17.7 Å². The molecule has 0 amide bonds. The Bertz CT molecular complexity index is 689. The molecule has 1 fully saturated rings. The van der Waals surface area contributed by atoms with E-state index in [0.29, 0.717) is 0 Å². The van der Waals surface area contributed by atoms with Crippen molar-refractivity contribution in [2.24, 2.45) is 5.11 Å². The van der Waals surface area contributed by atoms with Gasteiger partial charge in [0.2, 0.25) is 0 Å². The van der Waals surface area contributed by atoms with Gasteiger partial charge in [-0.15, -0.1) is 0 Å². The molecule has 11 nitrogen and oxygen atoms in total. The van der Waals surface area contributed by atoms with Gasteiger partial charge < -0.3 is 18.5 Å². The molecular formula is C11H19F3N3O8PS. The first kappa shape index (κ1) is 24.1. The molecule has 0 saturated carbocycles. The van der Waals surface area contributed by atoms with Gasteiger partial charge in [-0.05, 0) is 19.4 Å². The van der Waals surface area contributed by atoms with Crippen molar-refractivity contribution < 1.29 is 48.9 Å². The van der Waals surface area contributed by atoms with Gasteiger partial charge >= 0.3 is 23.2 Å². The molecule has 1 aliphatic heterocycles. The van der Waals surface area contributed by atoms with Crippen molar-refractivity contribution in [2.75, 3.05) is 26.5 Å². The van der Waals surface area contributed by atoms with Crippen molar-refractivity contribution in [2.45, 2.75) is 43.9 Å². The Kier molecular flexibility index (Phi) is 8.51. The highest BCUT2D eigenvalue weighted by Gasteiger charge is 2.55. The number of methoxy groups -OCH3 is 1. The smallest absolute Gasteiger partial charge is 0.353 e. The average molecular weight is 441 g/mol. The SMILES string of the molecule is CCOP(=O)(C[C@H]1O[C@@H](OC)[C@H](OS(=O)(=O)C(F)(F)F)[C@H]1N=[N+]=[N-])OCC. The molecule has 27 heavy (non-hydrogen) atoms. The number of azide groups is 1. The predicted octanol–water partition coefficient (Wildman–Crippen LogP) is 2.54. The number of ether oxygens (including phenoxy) is 2. The molecule has 0 radical (unpaired) electrons. The van der Waals surface area contributed by atoms with Crippen LogP contribution in [0.5, 0.6) is 0 Å². The fourth-order valence-corrected chi connectivity index (χ4v) is 4.72. The molecule has 1 heterocycles. The largest absolute Gasteiger partial charge is 0.523 e. The molecule has 0 aromatic carbocycles. The summed E-state index contributed by atoms with van der Waals surface area (Å²) in [6.07, 6.45) is -5.47. The third-order valence-corrected chi connectivity index (χ3v) is 6.44. The van der Waals surface area contributed by atoms with E-state index in [9.17, 15) is 26.2 Å². The van der Waals surface area contributed by atoms with Crippen LogP contribution in [0, 0.1) is 0 Å². The van der Waals surface area contributed by atoms with E-state index in [-0.39, 0.29) is 13.2 Å². The lowest BCUT2D eigenvalue weighted by Crippen LogP contribution is -2.40. The Morgan fingerprint density at radius 2 is 1.81 bits per heavy atom. The number of hydrogen-bond acceptors (Lipinski definition) is 9. The maximum atomic E-state index is 12.6. The number of hydrogen-bond donors (Lipinski definition) is 0. The molecule has 16 heteroatoms. The summed E-state index contributed by atoms with van der Waals surface area (Å²) in [6.45, 7) is 3.05. The Hall–Kier alpha value is -0.920. The quantitative estimate of drug-likeness (QED) is 0.126. The van der Waals surface area contributed by atoms with Gasteiger partial charge in [-0.1, -0.05) is 5.11 Å². The van der Waals surface area contributed by atoms with E-state index >= 15 is 0 Å². The Morgan fingerprint density at radius 3 is 2.22 bits per heavy atom. The minimum absolute atomic E-state index is 0.00767. The van der Waals surface area contributed by atoms with Gasteiger partial charge in [-0.25, -0.2) is 0 Å². The number of nitrogens with zero attached hydrogens (tertiary/aromatic N) is 3. The van der Waals surface area contributed by atoms with Crippen molar-refractivity contribution in [1.82, 2.24) is 0 Å². The van der Waals surface area contributed by atoms with Gasteiger partial charge in [0.1, 0.15) is 6.10 Å². The third kappa shape index (κ3) is 6.03. The molecule has 0 spiro atoms. The molecule has 0 bridgehead atoms. The van der Waals surface area contributed by atoms with Crippen LogP contribution >= 0.6 is 7.60 Å². The average Bonchev–Trinajstić information content (AvgIpc) is 2.83. The number of rotatable bonds is 10. The molecular weight excluding hydrogens is 422 g/mol. The van der Waals surface area contributed by atoms with E-state index < -0.39 is 53.9 Å². The van der Waals surface area contributed by atoms with Crippen LogP contribution in [0.3, 0.4) is 0 Å². The molecule has 1 aliphatic rings. The lowest BCUT2D eigenvalue weighted by molar-refractivity contribution is -0.143. The Morgan fingerprint density at radius 1 is 1.26 bits per heavy atom. The van der Waals surface area contributed by atoms with Gasteiger partial charge in [-0.3, -0.25) is 8.75 Å². The zero-order chi connectivity index (χ0) is 20.9. The normalized spacial score (nSPS) is 26.7. The van der Waals surface area contributed by atoms with E-state index in [0.717, 1.165) is 7.11 Å². The van der Waals surface area contributed by atoms with Crippen LogP contribution in [0.25, 0.3) is 10.4 Å². The molecule has 1 rings (SSSR count). The second kappa shape index (κ2) is 9.52. The van der Waals surface area contributed by atoms with Crippen LogP contribution in [-0.2, 0) is 37.4 Å². The topological polar surface area (TPSA) is 146 Å². The highest BCUT2D eigenvalue weighted by atomic mass is 32.2. The molecule has 0 aromatic rings. The summed E-state index contributed by atoms with van der Waals surface area (Å²) in [5.41, 5.74) is 2.98. The Labute approximate surface area is 153 Å². The van der Waals surface area contributed by atoms with Crippen molar-refractivity contribution in [1.29, 1.82) is 0 Å². The molecule has 158 valence electrons. The Balaban J connectivity index is 3.19. The van der Waals surface area contributed by atoms with Crippen LogP contribution < -0.4 is 0 Å². The summed E-state index contributed by atoms with van der Waals surface area (Å²) in [4.78, 5) is 2.46. The fraction of sp³-hybridized carbons (Fsp3) is 1.00. The minimum atomic E-state index is -6.04. The highest BCUT2D eigenvalue weighted by molar-refractivity contribution is 7.87. The summed E-state index contributed by atoms with van der Waals surface area (Å²) in [7, 11) is -8.79. The molecule has 0 aliphatic carbocycles. The van der Waals surface area contributed by atoms with Crippen LogP contribution in [0.4, 0.5) is 13.2 Å². The number of alkyl halides is 3. The van der Waals surface area contributed by atoms with Gasteiger partial charge in [0.15, 0.2) is 6.29 Å². The summed E-state index contributed by atoms with van der Waals surface area (Å²) in [5, 5.41) is 3.24. The predicted molar refractivity (Wildman–Crippen MR) is 84.2 cm³/mol. The molecule has 0 unspecified atom stereocenters. The molecule has 1 saturated heterocycles. The second-order valence-corrected chi connectivity index (χ2v) is 8.73. The molecule has 0 aromatic heterocycles. The maximum Gasteiger partial charge on any atom is 0.523 e. The van der Waals surface area contributed by atoms with E-state index in [1.807, 2.05) is 0 Å². The van der Waals surface area contributed by atoms with E-state index in [4.69, 9.17) is 24.1 Å². The van der Waals surface area contributed by atoms with Crippen molar-refractivity contribution in [3.8, 4) is 0 Å². The first-order valence-corrected chi connectivity index (χ1v) is 10.7. The zero-order valence-corrected chi connectivity index (χ0v) is 16.2. The molecule has 0 N–H and O–H groups in total. The fourth-order valence-electron chi connectivity index (χ4n) is 2.30. The monoisotopic (exact) mass is 441 g/mol. The van der Waals surface area contributed by atoms with Gasteiger partial charge in [0, 0.05) is 12.0 Å². The second-order valence-electron chi connectivity index (χ2n) is 5.06. The first-order chi connectivity index (χ1) is 12.4. The van der Waals surface area contributed by atoms with E-state index in [1.165, 1.54) is 13.8 Å². The zero-order valence-electron chi connectivity index (χ0n) is 14.5. The lowest BCUT2D eigenvalue weighted by Gasteiger charge is -2.22. The third-order valence-electron chi connectivity index (χ3n) is 3.29. The van der Waals surface area contributed by atoms with E-state index in [2.05, 4.69) is 14.2 Å². The van der Waals surface area contributed by atoms with Gasteiger partial charge in [0.25, 0.3) is 0 Å². The summed E-state index contributed by atoms with van der Waals surface area (Å²) in [5.74, 6) is 0. The van der Waals surface area contributed by atoms with Gasteiger partial charge in [0.05, 0.1) is 31.5 Å². The molecule has 4 atom stereocenters. The summed E-state index contributed by atoms with van der Waals surface area (Å²) >= 11 is 0. The number of halogens is 3. The first-order valence-electron chi connectivity index (χ1n) is 7.54. The minimum Gasteiger partial charge on any atom is -0.353 e. The van der Waals surface area contributed by atoms with Crippen LogP contribution in [0.15, 0.2) is 5.11 Å². The highest BCUT2D eigenvalue weighted by Crippen LogP contribution is 2.51. The van der Waals surface area contributed by atoms with Crippen molar-refractivity contribution in [3.63, 3.8) is 0 Å². The van der Waals surface area contributed by atoms with E-state index in [1.54, 1.807) is 0 Å². The summed E-state index contributed by atoms with van der Waals surface area (Å²) in [6, 6.07) is -1.61. The standard InChI is InChI=1S/C11H19F3N3O8PS/c1-4-22-26(18,23-5-2)6-7-8(16-17-15)9(10(21-3)24-7)25-27(19,20)11(12,13)14/h7-10H,4-6H2,1-3H3/t7-,8+,9-,10-/m1/s1. The maximum absolute atomic E-state index is 12.6. The van der Waals surface area contributed by atoms with Crippen LogP contribution in [-0.4, -0.2) is 65.0 Å². The summed E-state index contributed by atoms with van der Waals surface area (Å²) < 4.78 is 97.4. The van der Waals surface area contributed by atoms with Gasteiger partial charge in [-0.2, -0.15) is 21.6 Å². The van der Waals surface area contributed by atoms with Crippen molar-refractivity contribution in [3.05, 3.63) is 10.4 Å². The lowest BCUT2D eigenvalue weighted by atomic mass is 10.1. The van der Waals surface area contributed by atoms with Crippen LogP contribution in [0.1, 0.15) is 13.8 Å². The van der Waals surface area contributed by atoms with Crippen LogP contribution in [0.2, 0.25) is 0 Å².